The number of fused-ring (bicyclic) bond motifs is 1. The Kier molecular flexibility index (Phi) is 3.47. The summed E-state index contributed by atoms with van der Waals surface area (Å²) in [6.07, 6.45) is 3.72. The molecule has 1 aromatic carbocycles. The van der Waals surface area contributed by atoms with E-state index in [-0.39, 0.29) is 6.04 Å². The third-order valence-corrected chi connectivity index (χ3v) is 2.68. The van der Waals surface area contributed by atoms with Crippen LogP contribution >= 0.6 is 0 Å². The van der Waals surface area contributed by atoms with E-state index in [4.69, 9.17) is 15.2 Å². The van der Waals surface area contributed by atoms with Gasteiger partial charge in [-0.25, -0.2) is 0 Å². The number of nitrogens with two attached hydrogens (primary N) is 1. The minimum absolute atomic E-state index is 0.0360. The van der Waals surface area contributed by atoms with Gasteiger partial charge in [0.1, 0.15) is 13.2 Å². The molecule has 0 saturated heterocycles. The van der Waals surface area contributed by atoms with Crippen molar-refractivity contribution in [2.45, 2.75) is 18.9 Å². The number of ether oxygens (including phenoxy) is 2. The zero-order valence-corrected chi connectivity index (χ0v) is 9.32. The van der Waals surface area contributed by atoms with Crippen LogP contribution in [0.2, 0.25) is 0 Å². The fourth-order valence-electron chi connectivity index (χ4n) is 1.75. The minimum Gasteiger partial charge on any atom is -0.486 e. The molecule has 3 nitrogen and oxygen atoms in total. The quantitative estimate of drug-likeness (QED) is 0.791. The molecule has 0 amide bonds. The number of benzene rings is 1. The lowest BCUT2D eigenvalue weighted by molar-refractivity contribution is 0.171. The lowest BCUT2D eigenvalue weighted by atomic mass is 10.0. The molecular weight excluding hydrogens is 202 g/mol. The van der Waals surface area contributed by atoms with Crippen molar-refractivity contribution >= 4 is 0 Å². The first-order chi connectivity index (χ1) is 7.81. The molecule has 1 atom stereocenters. The molecule has 0 radical (unpaired) electrons. The average molecular weight is 219 g/mol. The molecule has 16 heavy (non-hydrogen) atoms. The average Bonchev–Trinajstić information content (AvgIpc) is 2.35. The van der Waals surface area contributed by atoms with Crippen LogP contribution in [0.25, 0.3) is 0 Å². The van der Waals surface area contributed by atoms with Crippen molar-refractivity contribution in [2.24, 2.45) is 5.73 Å². The van der Waals surface area contributed by atoms with Gasteiger partial charge in [0.2, 0.25) is 0 Å². The van der Waals surface area contributed by atoms with Crippen molar-refractivity contribution in [2.75, 3.05) is 13.2 Å². The number of hydrogen-bond donors (Lipinski definition) is 1. The van der Waals surface area contributed by atoms with Crippen molar-refractivity contribution in [3.05, 3.63) is 36.4 Å². The van der Waals surface area contributed by atoms with Crippen LogP contribution in [0.5, 0.6) is 11.5 Å². The monoisotopic (exact) mass is 219 g/mol. The van der Waals surface area contributed by atoms with Gasteiger partial charge < -0.3 is 15.2 Å². The van der Waals surface area contributed by atoms with Crippen LogP contribution in [0.1, 0.15) is 24.4 Å². The molecule has 1 aliphatic rings. The summed E-state index contributed by atoms with van der Waals surface area (Å²) in [5.41, 5.74) is 7.16. The SMILES string of the molecule is C=CCC[C@@H](N)c1ccc2c(c1)OCCO2. The maximum absolute atomic E-state index is 6.07. The van der Waals surface area contributed by atoms with Gasteiger partial charge >= 0.3 is 0 Å². The van der Waals surface area contributed by atoms with Gasteiger partial charge in [0.15, 0.2) is 11.5 Å². The van der Waals surface area contributed by atoms with Crippen molar-refractivity contribution < 1.29 is 9.47 Å². The van der Waals surface area contributed by atoms with Crippen LogP contribution in [0.3, 0.4) is 0 Å². The summed E-state index contributed by atoms with van der Waals surface area (Å²) in [5, 5.41) is 0. The lowest BCUT2D eigenvalue weighted by Gasteiger charge is -2.20. The molecule has 0 bridgehead atoms. The van der Waals surface area contributed by atoms with Crippen molar-refractivity contribution in [3.63, 3.8) is 0 Å². The van der Waals surface area contributed by atoms with Gasteiger partial charge in [-0.2, -0.15) is 0 Å². The van der Waals surface area contributed by atoms with Gasteiger partial charge in [-0.1, -0.05) is 12.1 Å². The van der Waals surface area contributed by atoms with Gasteiger partial charge in [-0.15, -0.1) is 6.58 Å². The van der Waals surface area contributed by atoms with E-state index in [9.17, 15) is 0 Å². The summed E-state index contributed by atoms with van der Waals surface area (Å²) in [6.45, 7) is 4.93. The van der Waals surface area contributed by atoms with Gasteiger partial charge in [-0.3, -0.25) is 0 Å². The van der Waals surface area contributed by atoms with E-state index >= 15 is 0 Å². The largest absolute Gasteiger partial charge is 0.486 e. The molecule has 1 aromatic rings. The van der Waals surface area contributed by atoms with E-state index < -0.39 is 0 Å². The molecule has 1 aliphatic heterocycles. The van der Waals surface area contributed by atoms with Crippen LogP contribution in [0.15, 0.2) is 30.9 Å². The Bertz CT molecular complexity index is 376. The van der Waals surface area contributed by atoms with E-state index in [0.29, 0.717) is 13.2 Å². The molecule has 0 aliphatic carbocycles. The lowest BCUT2D eigenvalue weighted by Crippen LogP contribution is -2.16. The first-order valence-corrected chi connectivity index (χ1v) is 5.57. The van der Waals surface area contributed by atoms with Gasteiger partial charge in [-0.05, 0) is 30.5 Å². The van der Waals surface area contributed by atoms with E-state index in [1.807, 2.05) is 24.3 Å². The maximum atomic E-state index is 6.07. The highest BCUT2D eigenvalue weighted by atomic mass is 16.6. The van der Waals surface area contributed by atoms with Crippen LogP contribution in [-0.2, 0) is 0 Å². The summed E-state index contributed by atoms with van der Waals surface area (Å²) in [6, 6.07) is 5.94. The second kappa shape index (κ2) is 5.03. The first kappa shape index (κ1) is 11.0. The van der Waals surface area contributed by atoms with E-state index in [0.717, 1.165) is 29.9 Å². The van der Waals surface area contributed by atoms with Crippen LogP contribution in [-0.4, -0.2) is 13.2 Å². The third-order valence-electron chi connectivity index (χ3n) is 2.68. The van der Waals surface area contributed by atoms with E-state index in [2.05, 4.69) is 6.58 Å². The standard InChI is InChI=1S/C13H17NO2/c1-2-3-4-11(14)10-5-6-12-13(9-10)16-8-7-15-12/h2,5-6,9,11H,1,3-4,7-8,14H2/t11-/m1/s1. The second-order valence-electron chi connectivity index (χ2n) is 3.88. The number of allylic oxidation sites excluding steroid dienone is 1. The molecule has 86 valence electrons. The number of rotatable bonds is 4. The van der Waals surface area contributed by atoms with E-state index in [1.165, 1.54) is 0 Å². The van der Waals surface area contributed by atoms with E-state index in [1.54, 1.807) is 0 Å². The zero-order chi connectivity index (χ0) is 11.4. The normalized spacial score (nSPS) is 15.6. The molecule has 0 fully saturated rings. The van der Waals surface area contributed by atoms with Crippen molar-refractivity contribution in [1.82, 2.24) is 0 Å². The molecule has 2 rings (SSSR count). The highest BCUT2D eigenvalue weighted by Crippen LogP contribution is 2.32. The molecule has 0 unspecified atom stereocenters. The van der Waals surface area contributed by atoms with Crippen molar-refractivity contribution in [3.8, 4) is 11.5 Å². The summed E-state index contributed by atoms with van der Waals surface area (Å²) in [5.74, 6) is 1.61. The Labute approximate surface area is 95.9 Å². The summed E-state index contributed by atoms with van der Waals surface area (Å²) in [4.78, 5) is 0. The fourth-order valence-corrected chi connectivity index (χ4v) is 1.75. The van der Waals surface area contributed by atoms with Crippen LogP contribution < -0.4 is 15.2 Å². The molecule has 0 spiro atoms. The zero-order valence-electron chi connectivity index (χ0n) is 9.32. The fraction of sp³-hybridized carbons (Fsp3) is 0.385. The molecule has 2 N–H and O–H groups in total. The number of hydrogen-bond acceptors (Lipinski definition) is 3. The topological polar surface area (TPSA) is 44.5 Å². The maximum Gasteiger partial charge on any atom is 0.161 e. The van der Waals surface area contributed by atoms with Crippen LogP contribution in [0, 0.1) is 0 Å². The molecular formula is C13H17NO2. The van der Waals surface area contributed by atoms with Crippen LogP contribution in [0.4, 0.5) is 0 Å². The Hall–Kier alpha value is -1.48. The highest BCUT2D eigenvalue weighted by Gasteiger charge is 2.14. The predicted octanol–water partition coefficient (Wildman–Crippen LogP) is 2.42. The predicted molar refractivity (Wildman–Crippen MR) is 63.8 cm³/mol. The van der Waals surface area contributed by atoms with Crippen molar-refractivity contribution in [1.29, 1.82) is 0 Å². The Morgan fingerprint density at radius 3 is 2.81 bits per heavy atom. The Balaban J connectivity index is 2.13. The Morgan fingerprint density at radius 1 is 1.31 bits per heavy atom. The summed E-state index contributed by atoms with van der Waals surface area (Å²) < 4.78 is 11.0. The Morgan fingerprint density at radius 2 is 2.06 bits per heavy atom. The summed E-state index contributed by atoms with van der Waals surface area (Å²) in [7, 11) is 0. The molecule has 1 heterocycles. The summed E-state index contributed by atoms with van der Waals surface area (Å²) >= 11 is 0. The second-order valence-corrected chi connectivity index (χ2v) is 3.88. The first-order valence-electron chi connectivity index (χ1n) is 5.57. The third kappa shape index (κ3) is 2.36. The minimum atomic E-state index is 0.0360. The molecule has 0 aromatic heterocycles. The van der Waals surface area contributed by atoms with Gasteiger partial charge in [0.05, 0.1) is 0 Å². The highest BCUT2D eigenvalue weighted by molar-refractivity contribution is 5.44. The molecule has 0 saturated carbocycles. The van der Waals surface area contributed by atoms with Gasteiger partial charge in [0.25, 0.3) is 0 Å². The smallest absolute Gasteiger partial charge is 0.161 e. The molecule has 3 heteroatoms. The van der Waals surface area contributed by atoms with Gasteiger partial charge in [0, 0.05) is 6.04 Å².